The van der Waals surface area contributed by atoms with Crippen molar-refractivity contribution in [1.29, 1.82) is 0 Å². The van der Waals surface area contributed by atoms with Crippen molar-refractivity contribution in [1.82, 2.24) is 5.32 Å². The monoisotopic (exact) mass is 550 g/mol. The van der Waals surface area contributed by atoms with Gasteiger partial charge in [0, 0.05) is 11.3 Å². The summed E-state index contributed by atoms with van der Waals surface area (Å²) in [5, 5.41) is 3.09. The number of methoxy groups -OCH3 is 2. The summed E-state index contributed by atoms with van der Waals surface area (Å²) in [6.45, 7) is 0.564. The number of fused-ring (bicyclic) bond motifs is 2. The molecule has 0 bridgehead atoms. The Balaban J connectivity index is 1.38. The lowest BCUT2D eigenvalue weighted by atomic mass is 9.78. The number of nitrogens with one attached hydrogen (secondary N) is 1. The number of hydrogen-bond donors (Lipinski definition) is 1. The van der Waals surface area contributed by atoms with E-state index >= 15 is 0 Å². The third-order valence-electron chi connectivity index (χ3n) is 7.50. The Morgan fingerprint density at radius 2 is 1.49 bits per heavy atom. The second kappa shape index (κ2) is 11.3. The Morgan fingerprint density at radius 1 is 0.854 bits per heavy atom. The molecule has 1 N–H and O–H groups in total. The fourth-order valence-electron chi connectivity index (χ4n) is 5.47. The smallest absolute Gasteiger partial charge is 0.259 e. The van der Waals surface area contributed by atoms with Gasteiger partial charge in [0.2, 0.25) is 5.91 Å². The van der Waals surface area contributed by atoms with E-state index < -0.39 is 12.0 Å². The summed E-state index contributed by atoms with van der Waals surface area (Å²) >= 11 is 0. The molecule has 8 heteroatoms. The zero-order chi connectivity index (χ0) is 28.3. The van der Waals surface area contributed by atoms with E-state index in [-0.39, 0.29) is 24.5 Å². The van der Waals surface area contributed by atoms with Crippen LogP contribution in [0.3, 0.4) is 0 Å². The highest BCUT2D eigenvalue weighted by atomic mass is 16.6. The Kier molecular flexibility index (Phi) is 7.20. The molecule has 41 heavy (non-hydrogen) atoms. The number of ether oxygens (including phenoxy) is 4. The summed E-state index contributed by atoms with van der Waals surface area (Å²) in [6, 6.07) is 28.9. The van der Waals surface area contributed by atoms with Crippen LogP contribution in [0.15, 0.2) is 97.1 Å². The van der Waals surface area contributed by atoms with Gasteiger partial charge in [0.1, 0.15) is 24.2 Å². The van der Waals surface area contributed by atoms with E-state index in [1.165, 1.54) is 0 Å². The average molecular weight is 551 g/mol. The third-order valence-corrected chi connectivity index (χ3v) is 7.50. The van der Waals surface area contributed by atoms with Crippen molar-refractivity contribution in [3.05, 3.63) is 114 Å². The number of anilines is 1. The summed E-state index contributed by atoms with van der Waals surface area (Å²) in [4.78, 5) is 29.9. The zero-order valence-electron chi connectivity index (χ0n) is 22.8. The highest BCUT2D eigenvalue weighted by molar-refractivity contribution is 6.11. The van der Waals surface area contributed by atoms with Crippen LogP contribution < -0.4 is 29.2 Å². The number of nitrogens with zero attached hydrogens (tertiary/aromatic N) is 1. The SMILES string of the molecule is COc1ccc([C@@H]2[C@@H](C(=O)NC[C@H]3COc4ccccc4O3)c3ccccc3C(=O)N2c2ccc(OC)cc2)cc1. The Hall–Kier alpha value is -4.98. The van der Waals surface area contributed by atoms with Crippen molar-refractivity contribution in [3.63, 3.8) is 0 Å². The minimum absolute atomic E-state index is 0.184. The van der Waals surface area contributed by atoms with Crippen LogP contribution in [0.25, 0.3) is 0 Å². The van der Waals surface area contributed by atoms with Gasteiger partial charge in [-0.15, -0.1) is 0 Å². The summed E-state index contributed by atoms with van der Waals surface area (Å²) in [6.07, 6.45) is -0.355. The average Bonchev–Trinajstić information content (AvgIpc) is 3.03. The van der Waals surface area contributed by atoms with Crippen LogP contribution in [0.1, 0.15) is 33.4 Å². The summed E-state index contributed by atoms with van der Waals surface area (Å²) < 4.78 is 22.6. The van der Waals surface area contributed by atoms with Gasteiger partial charge in [0.25, 0.3) is 5.91 Å². The van der Waals surface area contributed by atoms with E-state index in [1.54, 1.807) is 25.2 Å². The molecule has 0 spiro atoms. The van der Waals surface area contributed by atoms with E-state index in [1.807, 2.05) is 91.0 Å². The minimum Gasteiger partial charge on any atom is -0.497 e. The minimum atomic E-state index is -0.698. The van der Waals surface area contributed by atoms with E-state index in [0.717, 1.165) is 5.56 Å². The van der Waals surface area contributed by atoms with Crippen molar-refractivity contribution < 1.29 is 28.5 Å². The van der Waals surface area contributed by atoms with Crippen LogP contribution >= 0.6 is 0 Å². The lowest BCUT2D eigenvalue weighted by Crippen LogP contribution is -2.49. The molecule has 2 aliphatic heterocycles. The lowest BCUT2D eigenvalue weighted by molar-refractivity contribution is -0.123. The normalized spacial score (nSPS) is 19.2. The van der Waals surface area contributed by atoms with Gasteiger partial charge in [0.05, 0.1) is 32.7 Å². The predicted octanol–water partition coefficient (Wildman–Crippen LogP) is 5.15. The maximum atomic E-state index is 14.1. The predicted molar refractivity (Wildman–Crippen MR) is 154 cm³/mol. The molecule has 0 saturated carbocycles. The molecule has 0 aliphatic carbocycles. The number of amides is 2. The summed E-state index contributed by atoms with van der Waals surface area (Å²) in [5.41, 5.74) is 2.62. The highest BCUT2D eigenvalue weighted by Gasteiger charge is 2.45. The molecule has 4 aromatic carbocycles. The fourth-order valence-corrected chi connectivity index (χ4v) is 5.47. The maximum absolute atomic E-state index is 14.1. The zero-order valence-corrected chi connectivity index (χ0v) is 22.8. The molecular formula is C33H30N2O6. The van der Waals surface area contributed by atoms with E-state index in [4.69, 9.17) is 18.9 Å². The van der Waals surface area contributed by atoms with Crippen LogP contribution in [0.4, 0.5) is 5.69 Å². The van der Waals surface area contributed by atoms with E-state index in [2.05, 4.69) is 5.32 Å². The first-order valence-electron chi connectivity index (χ1n) is 13.4. The highest BCUT2D eigenvalue weighted by Crippen LogP contribution is 2.45. The van der Waals surface area contributed by atoms with Crippen LogP contribution in [-0.4, -0.2) is 45.3 Å². The van der Waals surface area contributed by atoms with Crippen molar-refractivity contribution >= 4 is 17.5 Å². The lowest BCUT2D eigenvalue weighted by Gasteiger charge is -2.42. The fraction of sp³-hybridized carbons (Fsp3) is 0.212. The number of rotatable bonds is 7. The quantitative estimate of drug-likeness (QED) is 0.343. The molecule has 4 aromatic rings. The van der Waals surface area contributed by atoms with Crippen LogP contribution in [-0.2, 0) is 4.79 Å². The molecule has 8 nitrogen and oxygen atoms in total. The number of carbonyl (C=O) groups excluding carboxylic acids is 2. The van der Waals surface area contributed by atoms with Crippen LogP contribution in [0, 0.1) is 0 Å². The van der Waals surface area contributed by atoms with Gasteiger partial charge in [-0.2, -0.15) is 0 Å². The van der Waals surface area contributed by atoms with Gasteiger partial charge in [-0.3, -0.25) is 14.5 Å². The molecule has 2 amide bonds. The largest absolute Gasteiger partial charge is 0.497 e. The number of benzene rings is 4. The Morgan fingerprint density at radius 3 is 2.20 bits per heavy atom. The van der Waals surface area contributed by atoms with Crippen molar-refractivity contribution in [2.75, 3.05) is 32.3 Å². The number of hydrogen-bond acceptors (Lipinski definition) is 6. The molecule has 0 radical (unpaired) electrons. The molecule has 3 atom stereocenters. The van der Waals surface area contributed by atoms with Gasteiger partial charge >= 0.3 is 0 Å². The van der Waals surface area contributed by atoms with Gasteiger partial charge < -0.3 is 24.3 Å². The molecule has 2 aliphatic rings. The second-order valence-corrected chi connectivity index (χ2v) is 9.90. The second-order valence-electron chi connectivity index (χ2n) is 9.90. The first-order valence-corrected chi connectivity index (χ1v) is 13.4. The van der Waals surface area contributed by atoms with Gasteiger partial charge in [-0.25, -0.2) is 0 Å². The van der Waals surface area contributed by atoms with Crippen molar-refractivity contribution in [3.8, 4) is 23.0 Å². The molecule has 6 rings (SSSR count). The molecule has 0 aromatic heterocycles. The molecule has 2 heterocycles. The summed E-state index contributed by atoms with van der Waals surface area (Å²) in [7, 11) is 3.20. The summed E-state index contributed by atoms with van der Waals surface area (Å²) in [5.74, 6) is 1.59. The standard InChI is InChI=1S/C33H30N2O6/c1-38-23-15-11-21(12-16-23)31-30(32(36)34-19-25-20-40-28-9-5-6-10-29(28)41-25)26-7-3-4-8-27(26)33(37)35(31)22-13-17-24(39-2)18-14-22/h3-18,25,30-31H,19-20H2,1-2H3,(H,34,36)/t25-,30-,31+/m0/s1. The molecule has 0 fully saturated rings. The van der Waals surface area contributed by atoms with E-state index in [0.29, 0.717) is 46.4 Å². The van der Waals surface area contributed by atoms with Crippen molar-refractivity contribution in [2.45, 2.75) is 18.1 Å². The maximum Gasteiger partial charge on any atom is 0.259 e. The molecular weight excluding hydrogens is 520 g/mol. The van der Waals surface area contributed by atoms with Gasteiger partial charge in [-0.05, 0) is 65.7 Å². The first kappa shape index (κ1) is 26.3. The van der Waals surface area contributed by atoms with Gasteiger partial charge in [-0.1, -0.05) is 42.5 Å². The first-order chi connectivity index (χ1) is 20.1. The van der Waals surface area contributed by atoms with Crippen LogP contribution in [0.2, 0.25) is 0 Å². The topological polar surface area (TPSA) is 86.3 Å². The van der Waals surface area contributed by atoms with Gasteiger partial charge in [0.15, 0.2) is 11.5 Å². The van der Waals surface area contributed by atoms with E-state index in [9.17, 15) is 9.59 Å². The van der Waals surface area contributed by atoms with Crippen molar-refractivity contribution in [2.24, 2.45) is 0 Å². The number of carbonyl (C=O) groups is 2. The number of para-hydroxylation sites is 2. The Bertz CT molecular complexity index is 1550. The Labute approximate surface area is 238 Å². The van der Waals surface area contributed by atoms with Crippen LogP contribution in [0.5, 0.6) is 23.0 Å². The molecule has 208 valence electrons. The molecule has 0 unspecified atom stereocenters. The third kappa shape index (κ3) is 5.04. The molecule has 0 saturated heterocycles.